The van der Waals surface area contributed by atoms with E-state index in [4.69, 9.17) is 15.7 Å². The Bertz CT molecular complexity index is 1240. The van der Waals surface area contributed by atoms with Gasteiger partial charge in [0.05, 0.1) is 29.2 Å². The smallest absolute Gasteiger partial charge is 0.259 e. The average Bonchev–Trinajstić information content (AvgIpc) is 3.24. The second-order valence-corrected chi connectivity index (χ2v) is 9.78. The maximum Gasteiger partial charge on any atom is 0.259 e. The van der Waals surface area contributed by atoms with Crippen LogP contribution in [0, 0.1) is 12.8 Å². The molecule has 36 heavy (non-hydrogen) atoms. The van der Waals surface area contributed by atoms with Crippen LogP contribution in [0.5, 0.6) is 5.75 Å². The summed E-state index contributed by atoms with van der Waals surface area (Å²) >= 11 is 0. The molecule has 4 rings (SSSR count). The number of aliphatic hydroxyl groups excluding tert-OH is 1. The molecule has 2 atom stereocenters. The van der Waals surface area contributed by atoms with Gasteiger partial charge in [0.15, 0.2) is 0 Å². The first-order chi connectivity index (χ1) is 17.1. The Kier molecular flexibility index (Phi) is 7.59. The third-order valence-electron chi connectivity index (χ3n) is 6.90. The maximum atomic E-state index is 13.0. The number of benzene rings is 2. The predicted octanol–water partition coefficient (Wildman–Crippen LogP) is 0.682. The Labute approximate surface area is 213 Å². The van der Waals surface area contributed by atoms with Crippen LogP contribution in [0.15, 0.2) is 42.6 Å². The van der Waals surface area contributed by atoms with E-state index in [0.29, 0.717) is 46.5 Å². The second kappa shape index (κ2) is 10.5. The van der Waals surface area contributed by atoms with Gasteiger partial charge in [-0.3, -0.25) is 9.69 Å². The number of aryl methyl sites for hydroxylation is 1. The molecule has 1 aliphatic rings. The minimum Gasteiger partial charge on any atom is -0.508 e. The van der Waals surface area contributed by atoms with E-state index in [2.05, 4.69) is 15.3 Å². The van der Waals surface area contributed by atoms with Crippen LogP contribution in [0.25, 0.3) is 5.69 Å². The third kappa shape index (κ3) is 5.67. The van der Waals surface area contributed by atoms with Crippen molar-refractivity contribution in [1.29, 1.82) is 0 Å². The van der Waals surface area contributed by atoms with E-state index in [1.807, 2.05) is 12.1 Å². The summed E-state index contributed by atoms with van der Waals surface area (Å²) in [6, 6.07) is 10.3. The van der Waals surface area contributed by atoms with E-state index < -0.39 is 11.5 Å². The lowest BCUT2D eigenvalue weighted by Crippen LogP contribution is -2.47. The van der Waals surface area contributed by atoms with E-state index in [0.717, 1.165) is 25.1 Å². The van der Waals surface area contributed by atoms with Crippen LogP contribution in [0.1, 0.15) is 41.4 Å². The van der Waals surface area contributed by atoms with Gasteiger partial charge in [0, 0.05) is 42.5 Å². The minimum absolute atomic E-state index is 0.0184. The van der Waals surface area contributed by atoms with Gasteiger partial charge in [-0.15, -0.1) is 0 Å². The molecule has 2 aromatic carbocycles. The molecule has 1 amide bonds. The fraction of sp³-hybridized carbons (Fsp3) is 0.385. The standard InChI is InChI=1S/C26H30B2N4O4/c1-16-21(14-32(30-16)20-7-5-19(27)6-8-20)25(35)29-23-11-24(34)17(10-22(23)28)12-31-9-3-4-18(13-31)26(2,36)15-33/h5-8,10-11,14,18,33-34,36H,3-4,9,12-13,15H2,1-2H3,(H,29,35). The van der Waals surface area contributed by atoms with Crippen molar-refractivity contribution in [2.45, 2.75) is 38.8 Å². The number of hydrogen-bond acceptors (Lipinski definition) is 6. The number of carbonyl (C=O) groups is 1. The summed E-state index contributed by atoms with van der Waals surface area (Å²) in [5.74, 6) is -0.435. The number of piperidine rings is 1. The minimum atomic E-state index is -1.15. The van der Waals surface area contributed by atoms with Crippen molar-refractivity contribution in [1.82, 2.24) is 14.7 Å². The van der Waals surface area contributed by atoms with Crippen molar-refractivity contribution in [3.63, 3.8) is 0 Å². The van der Waals surface area contributed by atoms with Crippen LogP contribution in [-0.4, -0.2) is 76.9 Å². The molecule has 1 aliphatic heterocycles. The fourth-order valence-corrected chi connectivity index (χ4v) is 4.60. The zero-order valence-electron chi connectivity index (χ0n) is 20.6. The molecule has 3 aromatic rings. The van der Waals surface area contributed by atoms with Gasteiger partial charge in [0.25, 0.3) is 5.91 Å². The fourth-order valence-electron chi connectivity index (χ4n) is 4.60. The highest BCUT2D eigenvalue weighted by Gasteiger charge is 2.34. The van der Waals surface area contributed by atoms with Crippen molar-refractivity contribution in [3.05, 3.63) is 59.4 Å². The Morgan fingerprint density at radius 3 is 2.67 bits per heavy atom. The Balaban J connectivity index is 1.47. The summed E-state index contributed by atoms with van der Waals surface area (Å²) in [5.41, 5.74) is 2.45. The highest BCUT2D eigenvalue weighted by molar-refractivity contribution is 6.37. The highest BCUT2D eigenvalue weighted by atomic mass is 16.3. The van der Waals surface area contributed by atoms with E-state index >= 15 is 0 Å². The Morgan fingerprint density at radius 2 is 1.97 bits per heavy atom. The number of amides is 1. The lowest BCUT2D eigenvalue weighted by molar-refractivity contribution is -0.0697. The summed E-state index contributed by atoms with van der Waals surface area (Å²) in [4.78, 5) is 15.1. The number of hydrogen-bond donors (Lipinski definition) is 4. The van der Waals surface area contributed by atoms with E-state index in [9.17, 15) is 20.1 Å². The molecule has 2 unspecified atom stereocenters. The van der Waals surface area contributed by atoms with Crippen LogP contribution in [0.3, 0.4) is 0 Å². The van der Waals surface area contributed by atoms with Crippen LogP contribution in [0.2, 0.25) is 0 Å². The number of anilines is 1. The first-order valence-electron chi connectivity index (χ1n) is 12.0. The second-order valence-electron chi connectivity index (χ2n) is 9.78. The topological polar surface area (TPSA) is 111 Å². The number of phenols is 1. The molecule has 184 valence electrons. The number of aliphatic hydroxyl groups is 2. The SMILES string of the molecule is [B]c1ccc(-n2cc(C(=O)Nc3cc(O)c(CN4CCCC(C(C)(O)CO)C4)cc3[B])c(C)n2)cc1. The number of nitrogens with zero attached hydrogens (tertiary/aromatic N) is 3. The zero-order valence-corrected chi connectivity index (χ0v) is 20.6. The monoisotopic (exact) mass is 484 g/mol. The van der Waals surface area contributed by atoms with Gasteiger partial charge in [0.1, 0.15) is 21.4 Å². The van der Waals surface area contributed by atoms with Gasteiger partial charge >= 0.3 is 0 Å². The quantitative estimate of drug-likeness (QED) is 0.368. The molecule has 0 spiro atoms. The summed E-state index contributed by atoms with van der Waals surface area (Å²) in [6.45, 7) is 4.95. The molecule has 1 fully saturated rings. The van der Waals surface area contributed by atoms with Gasteiger partial charge < -0.3 is 20.6 Å². The molecule has 2 heterocycles. The first-order valence-corrected chi connectivity index (χ1v) is 12.0. The lowest BCUT2D eigenvalue weighted by atomic mass is 9.83. The van der Waals surface area contributed by atoms with Gasteiger partial charge in [0.2, 0.25) is 0 Å². The van der Waals surface area contributed by atoms with Gasteiger partial charge in [-0.2, -0.15) is 5.10 Å². The molecule has 8 nitrogen and oxygen atoms in total. The summed E-state index contributed by atoms with van der Waals surface area (Å²) < 4.78 is 1.60. The number of nitrogens with one attached hydrogen (secondary N) is 1. The number of rotatable bonds is 7. The molecule has 4 N–H and O–H groups in total. The van der Waals surface area contributed by atoms with Crippen LogP contribution >= 0.6 is 0 Å². The molecule has 4 radical (unpaired) electrons. The van der Waals surface area contributed by atoms with Gasteiger partial charge in [-0.25, -0.2) is 4.68 Å². The number of likely N-dealkylation sites (tertiary alicyclic amines) is 1. The van der Waals surface area contributed by atoms with Crippen LogP contribution in [-0.2, 0) is 6.54 Å². The molecule has 0 saturated carbocycles. The molecule has 1 aromatic heterocycles. The molecule has 1 saturated heterocycles. The molecule has 0 bridgehead atoms. The number of aromatic hydroxyl groups is 1. The summed E-state index contributed by atoms with van der Waals surface area (Å²) in [6.07, 6.45) is 3.35. The summed E-state index contributed by atoms with van der Waals surface area (Å²) in [5, 5.41) is 37.8. The largest absolute Gasteiger partial charge is 0.508 e. The zero-order chi connectivity index (χ0) is 26.0. The predicted molar refractivity (Wildman–Crippen MR) is 141 cm³/mol. The van der Waals surface area contributed by atoms with Crippen molar-refractivity contribution in [2.24, 2.45) is 5.92 Å². The maximum absolute atomic E-state index is 13.0. The van der Waals surface area contributed by atoms with E-state index in [1.54, 1.807) is 42.9 Å². The first kappa shape index (κ1) is 26.0. The van der Waals surface area contributed by atoms with Crippen molar-refractivity contribution >= 4 is 38.2 Å². The molecule has 10 heteroatoms. The third-order valence-corrected chi connectivity index (χ3v) is 6.90. The Morgan fingerprint density at radius 1 is 1.25 bits per heavy atom. The average molecular weight is 484 g/mol. The van der Waals surface area contributed by atoms with Crippen molar-refractivity contribution < 1.29 is 20.1 Å². The number of aromatic nitrogens is 2. The van der Waals surface area contributed by atoms with Gasteiger partial charge in [-0.05, 0) is 45.4 Å². The van der Waals surface area contributed by atoms with Crippen molar-refractivity contribution in [2.75, 3.05) is 25.0 Å². The molecular formula is C26H30B2N4O4. The van der Waals surface area contributed by atoms with Crippen LogP contribution < -0.4 is 16.2 Å². The van der Waals surface area contributed by atoms with E-state index in [-0.39, 0.29) is 18.3 Å². The van der Waals surface area contributed by atoms with Crippen LogP contribution in [0.4, 0.5) is 5.69 Å². The highest BCUT2D eigenvalue weighted by Crippen LogP contribution is 2.29. The normalized spacial score (nSPS) is 18.1. The number of phenolic OH excluding ortho intramolecular Hbond substituents is 1. The van der Waals surface area contributed by atoms with Gasteiger partial charge in [-0.1, -0.05) is 29.1 Å². The summed E-state index contributed by atoms with van der Waals surface area (Å²) in [7, 11) is 12.0. The molecule has 0 aliphatic carbocycles. The van der Waals surface area contributed by atoms with Crippen molar-refractivity contribution in [3.8, 4) is 11.4 Å². The number of carbonyl (C=O) groups excluding carboxylic acids is 1. The lowest BCUT2D eigenvalue weighted by Gasteiger charge is -2.39. The molecular weight excluding hydrogens is 454 g/mol. The Hall–Kier alpha value is -3.07. The van der Waals surface area contributed by atoms with E-state index in [1.165, 1.54) is 6.07 Å².